The fourth-order valence-electron chi connectivity index (χ4n) is 5.24. The molecule has 14 heteroatoms. The maximum absolute atomic E-state index is 14.3. The number of β-lactam (4-membered cyclic amide) rings is 1. The number of thiazole rings is 1. The number of rotatable bonds is 10. The zero-order valence-corrected chi connectivity index (χ0v) is 26.2. The number of carbonyl (C=O) groups excluding carboxylic acids is 3. The van der Waals surface area contributed by atoms with Gasteiger partial charge < -0.3 is 25.5 Å². The number of nitrogens with one attached hydrogen (secondary N) is 1. The molecular formula is C32H29N7O5S2. The van der Waals surface area contributed by atoms with Gasteiger partial charge in [-0.2, -0.15) is 10.2 Å². The van der Waals surface area contributed by atoms with Crippen LogP contribution in [0.2, 0.25) is 0 Å². The number of nitrogens with two attached hydrogens (primary N) is 1. The fourth-order valence-corrected chi connectivity index (χ4v) is 7.30. The molecule has 2 saturated heterocycles. The van der Waals surface area contributed by atoms with E-state index in [2.05, 4.69) is 25.7 Å². The van der Waals surface area contributed by atoms with E-state index in [0.717, 1.165) is 22.5 Å². The number of amides is 2. The quantitative estimate of drug-likeness (QED) is 0.112. The number of fused-ring (bicyclic) bond motifs is 1. The average Bonchev–Trinajstić information content (AvgIpc) is 3.53. The Bertz CT molecular complexity index is 1730. The van der Waals surface area contributed by atoms with Crippen molar-refractivity contribution >= 4 is 57.8 Å². The fraction of sp³-hybridized carbons (Fsp3) is 0.219. The van der Waals surface area contributed by atoms with Gasteiger partial charge in [0, 0.05) is 23.9 Å². The van der Waals surface area contributed by atoms with E-state index in [1.54, 1.807) is 40.8 Å². The molecule has 3 N–H and O–H groups in total. The summed E-state index contributed by atoms with van der Waals surface area (Å²) in [5, 5.41) is 16.0. The molecule has 2 unspecified atom stereocenters. The van der Waals surface area contributed by atoms with Crippen molar-refractivity contribution in [2.45, 2.75) is 17.5 Å². The van der Waals surface area contributed by atoms with Crippen LogP contribution in [0, 0.1) is 5.41 Å². The van der Waals surface area contributed by atoms with E-state index in [9.17, 15) is 14.4 Å². The highest BCUT2D eigenvalue weighted by molar-refractivity contribution is 8.00. The SMILES string of the molecule is CON=C(C(=O)NC1C(=O)N2CC(C=Cc3cccnn3)(C(=O)OC(c3ccccc3)c3ccccc3)CS[C@H]12)c1csc(N)n1. The predicted molar refractivity (Wildman–Crippen MR) is 174 cm³/mol. The Morgan fingerprint density at radius 2 is 1.83 bits per heavy atom. The van der Waals surface area contributed by atoms with Crippen molar-refractivity contribution in [2.75, 3.05) is 25.1 Å². The third kappa shape index (κ3) is 6.34. The number of nitrogens with zero attached hydrogens (tertiary/aromatic N) is 5. The van der Waals surface area contributed by atoms with Crippen molar-refractivity contribution < 1.29 is 24.0 Å². The molecule has 12 nitrogen and oxygen atoms in total. The summed E-state index contributed by atoms with van der Waals surface area (Å²) in [4.78, 5) is 51.5. The van der Waals surface area contributed by atoms with Crippen LogP contribution in [0.25, 0.3) is 6.08 Å². The Hall–Kier alpha value is -5.08. The number of esters is 1. The lowest BCUT2D eigenvalue weighted by atomic mass is 9.86. The first-order valence-corrected chi connectivity index (χ1v) is 16.1. The maximum atomic E-state index is 14.3. The molecule has 2 aliphatic heterocycles. The minimum atomic E-state index is -1.22. The van der Waals surface area contributed by atoms with E-state index in [1.165, 1.54) is 18.9 Å². The van der Waals surface area contributed by atoms with Gasteiger partial charge in [0.15, 0.2) is 16.9 Å². The lowest BCUT2D eigenvalue weighted by Crippen LogP contribution is -2.74. The summed E-state index contributed by atoms with van der Waals surface area (Å²) < 4.78 is 6.30. The summed E-state index contributed by atoms with van der Waals surface area (Å²) in [6.07, 6.45) is 4.35. The van der Waals surface area contributed by atoms with Crippen molar-refractivity contribution in [1.29, 1.82) is 0 Å². The summed E-state index contributed by atoms with van der Waals surface area (Å²) in [7, 11) is 1.31. The van der Waals surface area contributed by atoms with Crippen LogP contribution in [0.4, 0.5) is 5.13 Å². The van der Waals surface area contributed by atoms with E-state index in [1.807, 2.05) is 60.7 Å². The van der Waals surface area contributed by atoms with Crippen LogP contribution in [0.3, 0.4) is 0 Å². The minimum absolute atomic E-state index is 0.0450. The zero-order chi connectivity index (χ0) is 32.1. The predicted octanol–water partition coefficient (Wildman–Crippen LogP) is 3.30. The second kappa shape index (κ2) is 13.5. The topological polar surface area (TPSA) is 162 Å². The molecule has 2 aliphatic rings. The minimum Gasteiger partial charge on any atom is -0.452 e. The summed E-state index contributed by atoms with van der Waals surface area (Å²) in [5.41, 5.74) is 6.84. The van der Waals surface area contributed by atoms with Gasteiger partial charge in [0.05, 0.1) is 5.69 Å². The Kier molecular flexibility index (Phi) is 9.08. The summed E-state index contributed by atoms with van der Waals surface area (Å²) in [6, 6.07) is 21.7. The van der Waals surface area contributed by atoms with Gasteiger partial charge in [-0.1, -0.05) is 71.9 Å². The van der Waals surface area contributed by atoms with E-state index in [4.69, 9.17) is 15.3 Å². The molecule has 2 amide bonds. The second-order valence-electron chi connectivity index (χ2n) is 10.6. The Morgan fingerprint density at radius 3 is 2.43 bits per heavy atom. The van der Waals surface area contributed by atoms with Crippen LogP contribution in [0.1, 0.15) is 28.6 Å². The van der Waals surface area contributed by atoms with E-state index >= 15 is 0 Å². The molecule has 2 fully saturated rings. The van der Waals surface area contributed by atoms with E-state index < -0.39 is 34.8 Å². The van der Waals surface area contributed by atoms with Gasteiger partial charge in [-0.15, -0.1) is 23.1 Å². The smallest absolute Gasteiger partial charge is 0.319 e. The summed E-state index contributed by atoms with van der Waals surface area (Å²) >= 11 is 2.53. The van der Waals surface area contributed by atoms with Crippen LogP contribution in [0.15, 0.2) is 95.6 Å². The van der Waals surface area contributed by atoms with Crippen molar-refractivity contribution in [3.8, 4) is 0 Å². The number of carbonyl (C=O) groups is 3. The van der Waals surface area contributed by atoms with Gasteiger partial charge in [0.25, 0.3) is 5.91 Å². The first-order chi connectivity index (χ1) is 22.4. The molecule has 234 valence electrons. The van der Waals surface area contributed by atoms with Crippen molar-refractivity contribution in [3.05, 3.63) is 113 Å². The number of anilines is 1. The normalized spacial score (nSPS) is 21.0. The number of oxime groups is 1. The van der Waals surface area contributed by atoms with Crippen LogP contribution in [0.5, 0.6) is 0 Å². The largest absolute Gasteiger partial charge is 0.452 e. The highest BCUT2D eigenvalue weighted by atomic mass is 32.2. The number of hydrogen-bond donors (Lipinski definition) is 2. The summed E-state index contributed by atoms with van der Waals surface area (Å²) in [5.74, 6) is -1.18. The molecule has 3 atom stereocenters. The number of hydrogen-bond acceptors (Lipinski definition) is 12. The lowest BCUT2D eigenvalue weighted by molar-refractivity contribution is -0.162. The van der Waals surface area contributed by atoms with Crippen molar-refractivity contribution in [2.24, 2.45) is 10.6 Å². The third-order valence-corrected chi connectivity index (χ3v) is 9.78. The monoisotopic (exact) mass is 655 g/mol. The number of nitrogen functional groups attached to an aromatic ring is 1. The Labute approximate surface area is 272 Å². The number of aromatic nitrogens is 3. The van der Waals surface area contributed by atoms with Crippen LogP contribution < -0.4 is 11.1 Å². The van der Waals surface area contributed by atoms with Crippen LogP contribution in [-0.2, 0) is 24.0 Å². The lowest BCUT2D eigenvalue weighted by Gasteiger charge is -2.53. The van der Waals surface area contributed by atoms with E-state index in [0.29, 0.717) is 5.69 Å². The molecule has 46 heavy (non-hydrogen) atoms. The molecule has 0 radical (unpaired) electrons. The summed E-state index contributed by atoms with van der Waals surface area (Å²) in [6.45, 7) is 0.0450. The molecule has 6 rings (SSSR count). The molecule has 0 aliphatic carbocycles. The molecule has 2 aromatic carbocycles. The number of ether oxygens (including phenoxy) is 1. The highest BCUT2D eigenvalue weighted by Crippen LogP contribution is 2.45. The van der Waals surface area contributed by atoms with Crippen LogP contribution in [-0.4, -0.2) is 74.4 Å². The van der Waals surface area contributed by atoms with Gasteiger partial charge in [0.1, 0.15) is 29.6 Å². The molecular weight excluding hydrogens is 627 g/mol. The second-order valence-corrected chi connectivity index (χ2v) is 12.6. The first kappa shape index (κ1) is 30.9. The molecule has 4 aromatic rings. The van der Waals surface area contributed by atoms with Gasteiger partial charge in [0.2, 0.25) is 5.91 Å². The molecule has 2 aromatic heterocycles. The maximum Gasteiger partial charge on any atom is 0.319 e. The van der Waals surface area contributed by atoms with E-state index in [-0.39, 0.29) is 34.7 Å². The van der Waals surface area contributed by atoms with Gasteiger partial charge in [-0.3, -0.25) is 14.4 Å². The molecule has 0 spiro atoms. The van der Waals surface area contributed by atoms with Gasteiger partial charge in [-0.05, 0) is 29.3 Å². The molecule has 0 saturated carbocycles. The van der Waals surface area contributed by atoms with Crippen LogP contribution >= 0.6 is 23.1 Å². The zero-order valence-electron chi connectivity index (χ0n) is 24.6. The van der Waals surface area contributed by atoms with Gasteiger partial charge in [-0.25, -0.2) is 4.98 Å². The van der Waals surface area contributed by atoms with Crippen molar-refractivity contribution in [3.63, 3.8) is 0 Å². The standard InChI is InChI=1S/C32H29N7O5S2/c1-43-38-24(23-17-45-31(33)35-23)27(40)36-25-28(41)39-18-32(19-46-29(25)39,15-14-22-13-8-16-34-37-22)30(42)44-26(20-9-4-2-5-10-20)21-11-6-3-7-12-21/h2-17,25-26,29H,18-19H2,1H3,(H2,33,35)(H,36,40)/t25?,29-,32?/m1/s1. The number of thioether (sulfide) groups is 1. The highest BCUT2D eigenvalue weighted by Gasteiger charge is 2.57. The Morgan fingerprint density at radius 1 is 1.11 bits per heavy atom. The first-order valence-electron chi connectivity index (χ1n) is 14.2. The number of benzene rings is 2. The van der Waals surface area contributed by atoms with Crippen molar-refractivity contribution in [1.82, 2.24) is 25.4 Å². The third-order valence-electron chi connectivity index (χ3n) is 7.56. The Balaban J connectivity index is 1.25. The van der Waals surface area contributed by atoms with Gasteiger partial charge >= 0.3 is 5.97 Å². The average molecular weight is 656 g/mol. The molecule has 0 bridgehead atoms. The molecule has 4 heterocycles.